The summed E-state index contributed by atoms with van der Waals surface area (Å²) in [5.41, 5.74) is 0. The largest absolute Gasteiger partial charge is 0.390 e. The lowest BCUT2D eigenvalue weighted by molar-refractivity contribution is -0.00642. The fourth-order valence-electron chi connectivity index (χ4n) is 0.282. The number of ether oxygens (including phenoxy) is 1. The molecule has 1 radical (unpaired) electrons. The predicted molar refractivity (Wildman–Crippen MR) is 29.2 cm³/mol. The first-order chi connectivity index (χ1) is 3.68. The van der Waals surface area contributed by atoms with Crippen molar-refractivity contribution in [1.29, 1.82) is 0 Å². The van der Waals surface area contributed by atoms with Crippen LogP contribution >= 0.6 is 0 Å². The summed E-state index contributed by atoms with van der Waals surface area (Å²) in [4.78, 5) is 0. The van der Waals surface area contributed by atoms with Gasteiger partial charge < -0.3 is 14.9 Å². The summed E-state index contributed by atoms with van der Waals surface area (Å²) in [5.74, 6) is 0. The second-order valence-electron chi connectivity index (χ2n) is 1.59. The normalized spacial score (nSPS) is 18.0. The molecule has 0 spiro atoms. The Hall–Kier alpha value is -0.120. The zero-order chi connectivity index (χ0) is 6.57. The van der Waals surface area contributed by atoms with Crippen LogP contribution in [0.5, 0.6) is 0 Å². The molecule has 0 aliphatic heterocycles. The fraction of sp³-hybridized carbons (Fsp3) is 0.800. The maximum absolute atomic E-state index is 8.69. The molecule has 0 aromatic rings. The van der Waals surface area contributed by atoms with Gasteiger partial charge in [-0.15, -0.1) is 0 Å². The Bertz CT molecular complexity index is 53.6. The van der Waals surface area contributed by atoms with E-state index in [1.807, 2.05) is 0 Å². The molecule has 0 aliphatic rings. The first-order valence-electron chi connectivity index (χ1n) is 2.36. The summed E-state index contributed by atoms with van der Waals surface area (Å²) >= 11 is 0. The highest BCUT2D eigenvalue weighted by Gasteiger charge is 2.08. The average molecular weight is 119 g/mol. The molecular formula is C5H11O3. The third-order valence-electron chi connectivity index (χ3n) is 0.782. The van der Waals surface area contributed by atoms with Gasteiger partial charge in [0, 0.05) is 7.11 Å². The molecular weight excluding hydrogens is 108 g/mol. The molecule has 0 saturated heterocycles. The first kappa shape index (κ1) is 7.88. The summed E-state index contributed by atoms with van der Waals surface area (Å²) in [7, 11) is 1.45. The third-order valence-corrected chi connectivity index (χ3v) is 0.782. The third kappa shape index (κ3) is 2.96. The number of methoxy groups -OCH3 is 1. The molecule has 3 nitrogen and oxygen atoms in total. The zero-order valence-electron chi connectivity index (χ0n) is 4.87. The van der Waals surface area contributed by atoms with E-state index in [1.54, 1.807) is 0 Å². The van der Waals surface area contributed by atoms with Gasteiger partial charge in [-0.1, -0.05) is 0 Å². The van der Waals surface area contributed by atoms with Crippen molar-refractivity contribution in [3.8, 4) is 0 Å². The van der Waals surface area contributed by atoms with Crippen molar-refractivity contribution in [2.45, 2.75) is 12.2 Å². The number of hydrogen-bond acceptors (Lipinski definition) is 3. The molecule has 0 amide bonds. The summed E-state index contributed by atoms with van der Waals surface area (Å²) < 4.78 is 4.51. The van der Waals surface area contributed by atoms with E-state index in [0.717, 1.165) is 0 Å². The Labute approximate surface area is 48.9 Å². The van der Waals surface area contributed by atoms with Gasteiger partial charge in [-0.3, -0.25) is 0 Å². The number of aliphatic hydroxyl groups is 2. The van der Waals surface area contributed by atoms with Gasteiger partial charge in [-0.25, -0.2) is 0 Å². The zero-order valence-corrected chi connectivity index (χ0v) is 4.87. The van der Waals surface area contributed by atoms with E-state index in [2.05, 4.69) is 11.7 Å². The van der Waals surface area contributed by atoms with Crippen molar-refractivity contribution >= 4 is 0 Å². The van der Waals surface area contributed by atoms with Crippen LogP contribution < -0.4 is 0 Å². The van der Waals surface area contributed by atoms with E-state index >= 15 is 0 Å². The SMILES string of the molecule is [CH2]C(O)C(O)COC. The van der Waals surface area contributed by atoms with Crippen LogP contribution in [-0.4, -0.2) is 36.1 Å². The minimum Gasteiger partial charge on any atom is -0.390 e. The predicted octanol–water partition coefficient (Wildman–Crippen LogP) is -0.811. The summed E-state index contributed by atoms with van der Waals surface area (Å²) in [6, 6.07) is 0. The summed E-state index contributed by atoms with van der Waals surface area (Å²) in [6.45, 7) is 3.31. The molecule has 8 heavy (non-hydrogen) atoms. The molecule has 0 aromatic heterocycles. The van der Waals surface area contributed by atoms with E-state index in [1.165, 1.54) is 7.11 Å². The van der Waals surface area contributed by atoms with Gasteiger partial charge in [0.25, 0.3) is 0 Å². The molecule has 0 aromatic carbocycles. The summed E-state index contributed by atoms with van der Waals surface area (Å²) in [5, 5.41) is 17.2. The summed E-state index contributed by atoms with van der Waals surface area (Å²) in [6.07, 6.45) is -1.81. The van der Waals surface area contributed by atoms with E-state index in [0.29, 0.717) is 0 Å². The maximum atomic E-state index is 8.69. The van der Waals surface area contributed by atoms with Crippen LogP contribution in [0.2, 0.25) is 0 Å². The molecule has 0 bridgehead atoms. The van der Waals surface area contributed by atoms with E-state index in [4.69, 9.17) is 10.2 Å². The van der Waals surface area contributed by atoms with Crippen molar-refractivity contribution in [3.63, 3.8) is 0 Å². The molecule has 49 valence electrons. The number of rotatable bonds is 3. The lowest BCUT2D eigenvalue weighted by Gasteiger charge is -2.10. The van der Waals surface area contributed by atoms with Crippen LogP contribution in [-0.2, 0) is 4.74 Å². The van der Waals surface area contributed by atoms with Crippen LogP contribution in [0.25, 0.3) is 0 Å². The number of aliphatic hydroxyl groups excluding tert-OH is 2. The van der Waals surface area contributed by atoms with Crippen molar-refractivity contribution in [2.75, 3.05) is 13.7 Å². The Morgan fingerprint density at radius 3 is 2.25 bits per heavy atom. The monoisotopic (exact) mass is 119 g/mol. The van der Waals surface area contributed by atoms with E-state index < -0.39 is 12.2 Å². The molecule has 3 heteroatoms. The van der Waals surface area contributed by atoms with Crippen molar-refractivity contribution in [1.82, 2.24) is 0 Å². The maximum Gasteiger partial charge on any atom is 0.103 e. The van der Waals surface area contributed by atoms with E-state index in [9.17, 15) is 0 Å². The smallest absolute Gasteiger partial charge is 0.103 e. The minimum absolute atomic E-state index is 0.130. The topological polar surface area (TPSA) is 49.7 Å². The Morgan fingerprint density at radius 2 is 2.12 bits per heavy atom. The molecule has 0 rings (SSSR count). The fourth-order valence-corrected chi connectivity index (χ4v) is 0.282. The highest BCUT2D eigenvalue weighted by molar-refractivity contribution is 4.66. The van der Waals surface area contributed by atoms with Gasteiger partial charge in [0.1, 0.15) is 6.10 Å². The Kier molecular flexibility index (Phi) is 3.77. The van der Waals surface area contributed by atoms with Crippen LogP contribution in [0.1, 0.15) is 0 Å². The van der Waals surface area contributed by atoms with Crippen molar-refractivity contribution < 1.29 is 14.9 Å². The van der Waals surface area contributed by atoms with Crippen molar-refractivity contribution in [2.24, 2.45) is 0 Å². The van der Waals surface area contributed by atoms with Gasteiger partial charge >= 0.3 is 0 Å². The lowest BCUT2D eigenvalue weighted by Crippen LogP contribution is -2.27. The standard InChI is InChI=1S/C5H11O3/c1-4(6)5(7)3-8-2/h4-7H,1,3H2,2H3. The van der Waals surface area contributed by atoms with Crippen LogP contribution in [0.3, 0.4) is 0 Å². The highest BCUT2D eigenvalue weighted by atomic mass is 16.5. The first-order valence-corrected chi connectivity index (χ1v) is 2.36. The van der Waals surface area contributed by atoms with Crippen LogP contribution in [0.15, 0.2) is 0 Å². The molecule has 0 heterocycles. The van der Waals surface area contributed by atoms with Crippen LogP contribution in [0, 0.1) is 6.92 Å². The minimum atomic E-state index is -0.949. The quantitative estimate of drug-likeness (QED) is 0.510. The molecule has 2 unspecified atom stereocenters. The number of hydrogen-bond donors (Lipinski definition) is 2. The molecule has 2 atom stereocenters. The highest BCUT2D eigenvalue weighted by Crippen LogP contribution is 1.89. The van der Waals surface area contributed by atoms with Gasteiger partial charge in [-0.05, 0) is 6.92 Å². The second-order valence-corrected chi connectivity index (χ2v) is 1.59. The average Bonchev–Trinajstić information content (AvgIpc) is 1.67. The Balaban J connectivity index is 3.17. The van der Waals surface area contributed by atoms with Crippen molar-refractivity contribution in [3.05, 3.63) is 6.92 Å². The van der Waals surface area contributed by atoms with E-state index in [-0.39, 0.29) is 6.61 Å². The molecule has 0 saturated carbocycles. The molecule has 2 N–H and O–H groups in total. The van der Waals surface area contributed by atoms with Crippen LogP contribution in [0.4, 0.5) is 0 Å². The molecule has 0 fully saturated rings. The van der Waals surface area contributed by atoms with Gasteiger partial charge in [0.05, 0.1) is 12.7 Å². The lowest BCUT2D eigenvalue weighted by atomic mass is 10.2. The van der Waals surface area contributed by atoms with Gasteiger partial charge in [-0.2, -0.15) is 0 Å². The second kappa shape index (κ2) is 3.83. The van der Waals surface area contributed by atoms with Gasteiger partial charge in [0.2, 0.25) is 0 Å². The van der Waals surface area contributed by atoms with Gasteiger partial charge in [0.15, 0.2) is 0 Å². The molecule has 0 aliphatic carbocycles. The Morgan fingerprint density at radius 1 is 1.62 bits per heavy atom.